The van der Waals surface area contributed by atoms with Crippen LogP contribution in [0.15, 0.2) is 18.2 Å². The van der Waals surface area contributed by atoms with Crippen molar-refractivity contribution in [2.24, 2.45) is 0 Å². The van der Waals surface area contributed by atoms with Crippen LogP contribution >= 0.6 is 34.8 Å². The maximum absolute atomic E-state index is 6.22. The average Bonchev–Trinajstić information content (AvgIpc) is 2.34. The van der Waals surface area contributed by atoms with Crippen LogP contribution in [0, 0.1) is 20.8 Å². The van der Waals surface area contributed by atoms with Gasteiger partial charge in [0.1, 0.15) is 0 Å². The molecule has 0 amide bonds. The van der Waals surface area contributed by atoms with Gasteiger partial charge in [-0.25, -0.2) is 0 Å². The molecule has 21 heavy (non-hydrogen) atoms. The van der Waals surface area contributed by atoms with E-state index in [2.05, 4.69) is 30.2 Å². The average molecular weight is 344 g/mol. The topological polar surface area (TPSA) is 24.9 Å². The summed E-state index contributed by atoms with van der Waals surface area (Å²) in [5.41, 5.74) is 5.18. The number of pyridine rings is 1. The molecule has 0 spiro atoms. The van der Waals surface area contributed by atoms with Gasteiger partial charge in [0.05, 0.1) is 26.8 Å². The number of rotatable bonds is 3. The summed E-state index contributed by atoms with van der Waals surface area (Å²) < 4.78 is 0. The van der Waals surface area contributed by atoms with E-state index in [9.17, 15) is 0 Å². The van der Waals surface area contributed by atoms with Crippen LogP contribution in [-0.2, 0) is 0 Å². The molecule has 0 bridgehead atoms. The van der Waals surface area contributed by atoms with E-state index in [1.54, 1.807) is 12.1 Å². The Balaban J connectivity index is 2.35. The number of nitrogens with one attached hydrogen (secondary N) is 1. The van der Waals surface area contributed by atoms with Crippen molar-refractivity contribution < 1.29 is 0 Å². The van der Waals surface area contributed by atoms with Gasteiger partial charge in [-0.15, -0.1) is 0 Å². The van der Waals surface area contributed by atoms with Crippen LogP contribution in [0.25, 0.3) is 0 Å². The van der Waals surface area contributed by atoms with Gasteiger partial charge in [0.15, 0.2) is 0 Å². The minimum atomic E-state index is 0.0628. The summed E-state index contributed by atoms with van der Waals surface area (Å²) >= 11 is 18.2. The van der Waals surface area contributed by atoms with E-state index in [-0.39, 0.29) is 6.04 Å². The largest absolute Gasteiger partial charge is 0.377 e. The molecule has 1 aromatic heterocycles. The van der Waals surface area contributed by atoms with Crippen molar-refractivity contribution >= 4 is 40.5 Å². The highest BCUT2D eigenvalue weighted by molar-refractivity contribution is 6.44. The number of hydrogen-bond acceptors (Lipinski definition) is 2. The Morgan fingerprint density at radius 2 is 1.57 bits per heavy atom. The van der Waals surface area contributed by atoms with E-state index in [4.69, 9.17) is 34.8 Å². The first-order valence-corrected chi connectivity index (χ1v) is 7.78. The van der Waals surface area contributed by atoms with Crippen molar-refractivity contribution in [1.82, 2.24) is 4.98 Å². The fourth-order valence-corrected chi connectivity index (χ4v) is 3.23. The Morgan fingerprint density at radius 3 is 2.19 bits per heavy atom. The van der Waals surface area contributed by atoms with Crippen molar-refractivity contribution in [2.45, 2.75) is 33.7 Å². The number of benzene rings is 1. The van der Waals surface area contributed by atoms with Gasteiger partial charge in [-0.2, -0.15) is 0 Å². The monoisotopic (exact) mass is 342 g/mol. The maximum Gasteiger partial charge on any atom is 0.0653 e. The van der Waals surface area contributed by atoms with Gasteiger partial charge in [-0.05, 0) is 57.0 Å². The fourth-order valence-electron chi connectivity index (χ4n) is 2.63. The number of aromatic nitrogens is 1. The Labute approximate surface area is 140 Å². The van der Waals surface area contributed by atoms with Gasteiger partial charge in [-0.1, -0.05) is 34.8 Å². The van der Waals surface area contributed by atoms with Gasteiger partial charge in [0, 0.05) is 11.4 Å². The second-order valence-corrected chi connectivity index (χ2v) is 6.41. The van der Waals surface area contributed by atoms with E-state index in [0.717, 1.165) is 17.1 Å². The Kier molecular flexibility index (Phi) is 5.03. The molecular weight excluding hydrogens is 327 g/mol. The SMILES string of the molecule is Cc1cc(C)c(C(C)Nc2cc(Cl)c(Cl)cc2Cl)c(C)n1. The lowest BCUT2D eigenvalue weighted by Crippen LogP contribution is -2.12. The lowest BCUT2D eigenvalue weighted by Gasteiger charge is -2.21. The van der Waals surface area contributed by atoms with Crippen LogP contribution in [0.4, 0.5) is 5.69 Å². The smallest absolute Gasteiger partial charge is 0.0653 e. The molecule has 0 aliphatic heterocycles. The summed E-state index contributed by atoms with van der Waals surface area (Å²) in [7, 11) is 0. The van der Waals surface area contributed by atoms with Gasteiger partial charge >= 0.3 is 0 Å². The molecule has 0 saturated carbocycles. The molecule has 5 heteroatoms. The third-order valence-corrected chi connectivity index (χ3v) is 4.43. The van der Waals surface area contributed by atoms with Crippen molar-refractivity contribution in [3.8, 4) is 0 Å². The molecule has 1 heterocycles. The van der Waals surface area contributed by atoms with E-state index in [0.29, 0.717) is 15.1 Å². The molecule has 0 aliphatic carbocycles. The van der Waals surface area contributed by atoms with E-state index in [1.165, 1.54) is 11.1 Å². The summed E-state index contributed by atoms with van der Waals surface area (Å²) in [4.78, 5) is 4.53. The number of anilines is 1. The minimum absolute atomic E-state index is 0.0628. The summed E-state index contributed by atoms with van der Waals surface area (Å²) in [5.74, 6) is 0. The van der Waals surface area contributed by atoms with Gasteiger partial charge in [0.2, 0.25) is 0 Å². The van der Waals surface area contributed by atoms with E-state index in [1.807, 2.05) is 13.8 Å². The Morgan fingerprint density at radius 1 is 0.952 bits per heavy atom. The van der Waals surface area contributed by atoms with Crippen LogP contribution in [-0.4, -0.2) is 4.98 Å². The Bertz CT molecular complexity index is 660. The molecule has 112 valence electrons. The van der Waals surface area contributed by atoms with Crippen LogP contribution in [0.3, 0.4) is 0 Å². The molecular formula is C16H17Cl3N2. The molecule has 1 unspecified atom stereocenters. The van der Waals surface area contributed by atoms with Crippen molar-refractivity contribution in [2.75, 3.05) is 5.32 Å². The molecule has 0 fully saturated rings. The number of nitrogens with zero attached hydrogens (tertiary/aromatic N) is 1. The highest BCUT2D eigenvalue weighted by Gasteiger charge is 2.15. The third-order valence-electron chi connectivity index (χ3n) is 3.40. The van der Waals surface area contributed by atoms with Crippen molar-refractivity contribution in [3.63, 3.8) is 0 Å². The zero-order valence-corrected chi connectivity index (χ0v) is 14.7. The second-order valence-electron chi connectivity index (χ2n) is 5.19. The molecule has 0 aliphatic rings. The highest BCUT2D eigenvalue weighted by Crippen LogP contribution is 2.34. The predicted molar refractivity (Wildman–Crippen MR) is 92.0 cm³/mol. The standard InChI is InChI=1S/C16H17Cl3N2/c1-8-5-9(2)20-10(3)16(8)11(4)21-15-7-13(18)12(17)6-14(15)19/h5-7,11,21H,1-4H3. The van der Waals surface area contributed by atoms with Gasteiger partial charge in [-0.3, -0.25) is 4.98 Å². The summed E-state index contributed by atoms with van der Waals surface area (Å²) in [5, 5.41) is 4.85. The first-order valence-electron chi connectivity index (χ1n) is 6.65. The van der Waals surface area contributed by atoms with Gasteiger partial charge < -0.3 is 5.32 Å². The molecule has 2 nitrogen and oxygen atoms in total. The maximum atomic E-state index is 6.22. The minimum Gasteiger partial charge on any atom is -0.377 e. The molecule has 0 saturated heterocycles. The van der Waals surface area contributed by atoms with E-state index < -0.39 is 0 Å². The van der Waals surface area contributed by atoms with Crippen LogP contribution < -0.4 is 5.32 Å². The molecule has 1 N–H and O–H groups in total. The molecule has 1 aromatic carbocycles. The second kappa shape index (κ2) is 6.43. The van der Waals surface area contributed by atoms with Crippen molar-refractivity contribution in [3.05, 3.63) is 55.8 Å². The molecule has 0 radical (unpaired) electrons. The quantitative estimate of drug-likeness (QED) is 0.677. The number of halogens is 3. The van der Waals surface area contributed by atoms with Crippen molar-refractivity contribution in [1.29, 1.82) is 0 Å². The molecule has 2 rings (SSSR count). The third kappa shape index (κ3) is 3.63. The zero-order chi connectivity index (χ0) is 15.7. The summed E-state index contributed by atoms with van der Waals surface area (Å²) in [6.45, 7) is 8.18. The highest BCUT2D eigenvalue weighted by atomic mass is 35.5. The van der Waals surface area contributed by atoms with Crippen LogP contribution in [0.5, 0.6) is 0 Å². The molecule has 2 aromatic rings. The predicted octanol–water partition coefficient (Wildman–Crippen LogP) is 6.14. The lowest BCUT2D eigenvalue weighted by atomic mass is 10.00. The van der Waals surface area contributed by atoms with Crippen LogP contribution in [0.1, 0.15) is 35.5 Å². The number of hydrogen-bond donors (Lipinski definition) is 1. The molecule has 1 atom stereocenters. The number of aryl methyl sites for hydroxylation is 3. The zero-order valence-electron chi connectivity index (χ0n) is 12.4. The first-order chi connectivity index (χ1) is 9.79. The lowest BCUT2D eigenvalue weighted by molar-refractivity contribution is 0.843. The van der Waals surface area contributed by atoms with Gasteiger partial charge in [0.25, 0.3) is 0 Å². The first kappa shape index (κ1) is 16.4. The van der Waals surface area contributed by atoms with E-state index >= 15 is 0 Å². The fraction of sp³-hybridized carbons (Fsp3) is 0.312. The summed E-state index contributed by atoms with van der Waals surface area (Å²) in [6.07, 6.45) is 0. The Hall–Kier alpha value is -0.960. The summed E-state index contributed by atoms with van der Waals surface area (Å²) in [6, 6.07) is 5.53. The normalized spacial score (nSPS) is 12.3. The van der Waals surface area contributed by atoms with Crippen LogP contribution in [0.2, 0.25) is 15.1 Å².